The maximum atomic E-state index is 5.59. The number of anilines is 1. The molecule has 1 aromatic rings. The van der Waals surface area contributed by atoms with Gasteiger partial charge in [-0.2, -0.15) is 0 Å². The highest BCUT2D eigenvalue weighted by Gasteiger charge is 1.97. The van der Waals surface area contributed by atoms with Crippen molar-refractivity contribution in [3.8, 4) is 12.3 Å². The predicted octanol–water partition coefficient (Wildman–Crippen LogP) is 0.954. The molecular weight excluding hydrogens is 124 g/mol. The van der Waals surface area contributed by atoms with Crippen LogP contribution >= 0.6 is 0 Å². The summed E-state index contributed by atoms with van der Waals surface area (Å²) in [7, 11) is 0. The molecule has 2 nitrogen and oxygen atoms in total. The molecular formula is C8H8N2. The topological polar surface area (TPSA) is 38.9 Å². The van der Waals surface area contributed by atoms with E-state index >= 15 is 0 Å². The lowest BCUT2D eigenvalue weighted by molar-refractivity contribution is 1.26. The average Bonchev–Trinajstić information content (AvgIpc) is 1.95. The minimum absolute atomic E-state index is 0.528. The molecule has 0 aliphatic rings. The standard InChI is InChI=1S/C8H8N2/c1-3-7-8(9)6(2)4-5-10-7/h1,4-5H,9H2,2H3. The molecule has 0 saturated carbocycles. The van der Waals surface area contributed by atoms with Gasteiger partial charge in [-0.15, -0.1) is 6.42 Å². The fraction of sp³-hybridized carbons (Fsp3) is 0.125. The van der Waals surface area contributed by atoms with E-state index in [1.165, 1.54) is 0 Å². The van der Waals surface area contributed by atoms with E-state index in [-0.39, 0.29) is 0 Å². The van der Waals surface area contributed by atoms with Gasteiger partial charge in [0.1, 0.15) is 5.69 Å². The molecule has 0 spiro atoms. The van der Waals surface area contributed by atoms with Gasteiger partial charge in [0, 0.05) is 6.20 Å². The second-order valence-corrected chi connectivity index (χ2v) is 2.03. The first-order valence-corrected chi connectivity index (χ1v) is 2.93. The molecule has 0 aliphatic carbocycles. The van der Waals surface area contributed by atoms with Crippen LogP contribution in [0.25, 0.3) is 0 Å². The molecule has 0 aromatic carbocycles. The van der Waals surface area contributed by atoms with E-state index in [0.717, 1.165) is 5.56 Å². The first-order valence-electron chi connectivity index (χ1n) is 2.93. The summed E-state index contributed by atoms with van der Waals surface area (Å²) in [5, 5.41) is 0. The average molecular weight is 132 g/mol. The number of rotatable bonds is 0. The zero-order valence-corrected chi connectivity index (χ0v) is 5.76. The van der Waals surface area contributed by atoms with E-state index in [0.29, 0.717) is 11.4 Å². The highest BCUT2D eigenvalue weighted by Crippen LogP contribution is 2.11. The molecule has 0 fully saturated rings. The van der Waals surface area contributed by atoms with Crippen LogP contribution in [0.15, 0.2) is 12.3 Å². The normalized spacial score (nSPS) is 8.80. The maximum absolute atomic E-state index is 5.59. The summed E-state index contributed by atoms with van der Waals surface area (Å²) in [6.45, 7) is 1.90. The summed E-state index contributed by atoms with van der Waals surface area (Å²) in [5.41, 5.74) is 7.69. The van der Waals surface area contributed by atoms with Crippen LogP contribution in [0.3, 0.4) is 0 Å². The van der Waals surface area contributed by atoms with Gasteiger partial charge in [0.25, 0.3) is 0 Å². The molecule has 1 heterocycles. The molecule has 10 heavy (non-hydrogen) atoms. The van der Waals surface area contributed by atoms with Crippen LogP contribution in [0.2, 0.25) is 0 Å². The highest BCUT2D eigenvalue weighted by atomic mass is 14.7. The molecule has 0 aliphatic heterocycles. The Morgan fingerprint density at radius 2 is 2.40 bits per heavy atom. The number of nitrogen functional groups attached to an aromatic ring is 1. The van der Waals surface area contributed by atoms with E-state index in [1.54, 1.807) is 6.20 Å². The van der Waals surface area contributed by atoms with Gasteiger partial charge < -0.3 is 5.73 Å². The lowest BCUT2D eigenvalue weighted by Gasteiger charge is -1.99. The summed E-state index contributed by atoms with van der Waals surface area (Å²) in [6.07, 6.45) is 6.78. The first-order chi connectivity index (χ1) is 4.75. The van der Waals surface area contributed by atoms with Crippen molar-refractivity contribution in [3.63, 3.8) is 0 Å². The molecule has 50 valence electrons. The first kappa shape index (κ1) is 6.63. The highest BCUT2D eigenvalue weighted by molar-refractivity contribution is 5.55. The number of hydrogen-bond acceptors (Lipinski definition) is 2. The smallest absolute Gasteiger partial charge is 0.136 e. The lowest BCUT2D eigenvalue weighted by atomic mass is 10.2. The Morgan fingerprint density at radius 3 is 2.90 bits per heavy atom. The quantitative estimate of drug-likeness (QED) is 0.534. The number of terminal acetylenes is 1. The van der Waals surface area contributed by atoms with E-state index in [2.05, 4.69) is 10.9 Å². The molecule has 0 atom stereocenters. The van der Waals surface area contributed by atoms with Crippen molar-refractivity contribution < 1.29 is 0 Å². The van der Waals surface area contributed by atoms with Gasteiger partial charge in [0.05, 0.1) is 5.69 Å². The summed E-state index contributed by atoms with van der Waals surface area (Å²) < 4.78 is 0. The van der Waals surface area contributed by atoms with E-state index in [1.807, 2.05) is 13.0 Å². The maximum Gasteiger partial charge on any atom is 0.136 e. The summed E-state index contributed by atoms with van der Waals surface area (Å²) >= 11 is 0. The second-order valence-electron chi connectivity index (χ2n) is 2.03. The molecule has 1 rings (SSSR count). The van der Waals surface area contributed by atoms with Crippen LogP contribution in [-0.4, -0.2) is 4.98 Å². The second kappa shape index (κ2) is 2.40. The lowest BCUT2D eigenvalue weighted by Crippen LogP contribution is -1.95. The number of hydrogen-bond donors (Lipinski definition) is 1. The largest absolute Gasteiger partial charge is 0.396 e. The van der Waals surface area contributed by atoms with Crippen LogP contribution in [-0.2, 0) is 0 Å². The fourth-order valence-corrected chi connectivity index (χ4v) is 0.685. The molecule has 0 amide bonds. The van der Waals surface area contributed by atoms with Crippen LogP contribution < -0.4 is 5.73 Å². The number of aromatic nitrogens is 1. The Kier molecular flexibility index (Phi) is 1.59. The van der Waals surface area contributed by atoms with Gasteiger partial charge in [-0.1, -0.05) is 0 Å². The van der Waals surface area contributed by atoms with Crippen molar-refractivity contribution in [2.75, 3.05) is 5.73 Å². The van der Waals surface area contributed by atoms with Crippen molar-refractivity contribution in [3.05, 3.63) is 23.5 Å². The van der Waals surface area contributed by atoms with Crippen LogP contribution in [0.4, 0.5) is 5.69 Å². The number of pyridine rings is 1. The minimum atomic E-state index is 0.528. The van der Waals surface area contributed by atoms with E-state index < -0.39 is 0 Å². The van der Waals surface area contributed by atoms with Crippen molar-refractivity contribution in [2.24, 2.45) is 0 Å². The van der Waals surface area contributed by atoms with Crippen LogP contribution in [0.5, 0.6) is 0 Å². The zero-order chi connectivity index (χ0) is 7.56. The van der Waals surface area contributed by atoms with Gasteiger partial charge >= 0.3 is 0 Å². The molecule has 0 unspecified atom stereocenters. The molecule has 2 heteroatoms. The third kappa shape index (κ3) is 0.939. The van der Waals surface area contributed by atoms with Gasteiger partial charge in [0.15, 0.2) is 0 Å². The van der Waals surface area contributed by atoms with Crippen molar-refractivity contribution >= 4 is 5.69 Å². The SMILES string of the molecule is C#Cc1nccc(C)c1N. The van der Waals surface area contributed by atoms with E-state index in [4.69, 9.17) is 12.2 Å². The molecule has 0 saturated heterocycles. The molecule has 0 bridgehead atoms. The molecule has 2 N–H and O–H groups in total. The number of nitrogens with zero attached hydrogens (tertiary/aromatic N) is 1. The Labute approximate surface area is 60.1 Å². The van der Waals surface area contributed by atoms with E-state index in [9.17, 15) is 0 Å². The summed E-state index contributed by atoms with van der Waals surface area (Å²) in [6, 6.07) is 1.83. The minimum Gasteiger partial charge on any atom is -0.396 e. The Morgan fingerprint density at radius 1 is 1.70 bits per heavy atom. The van der Waals surface area contributed by atoms with Gasteiger partial charge in [-0.05, 0) is 24.5 Å². The molecule has 1 aromatic heterocycles. The van der Waals surface area contributed by atoms with Gasteiger partial charge in [0.2, 0.25) is 0 Å². The Bertz CT molecular complexity index is 284. The number of aryl methyl sites for hydroxylation is 1. The summed E-state index contributed by atoms with van der Waals surface area (Å²) in [5.74, 6) is 2.40. The fourth-order valence-electron chi connectivity index (χ4n) is 0.685. The van der Waals surface area contributed by atoms with Crippen molar-refractivity contribution in [2.45, 2.75) is 6.92 Å². The van der Waals surface area contributed by atoms with Crippen molar-refractivity contribution in [1.82, 2.24) is 4.98 Å². The van der Waals surface area contributed by atoms with Crippen LogP contribution in [0, 0.1) is 19.3 Å². The third-order valence-electron chi connectivity index (χ3n) is 1.34. The monoisotopic (exact) mass is 132 g/mol. The summed E-state index contributed by atoms with van der Waals surface area (Å²) in [4.78, 5) is 3.90. The predicted molar refractivity (Wildman–Crippen MR) is 41.3 cm³/mol. The zero-order valence-electron chi connectivity index (χ0n) is 5.76. The van der Waals surface area contributed by atoms with Gasteiger partial charge in [-0.3, -0.25) is 0 Å². The van der Waals surface area contributed by atoms with Crippen LogP contribution in [0.1, 0.15) is 11.3 Å². The Hall–Kier alpha value is -1.49. The third-order valence-corrected chi connectivity index (χ3v) is 1.34. The molecule has 0 radical (unpaired) electrons. The Balaban J connectivity index is 3.31. The number of nitrogens with two attached hydrogens (primary N) is 1. The van der Waals surface area contributed by atoms with Gasteiger partial charge in [-0.25, -0.2) is 4.98 Å². The van der Waals surface area contributed by atoms with Crippen molar-refractivity contribution in [1.29, 1.82) is 0 Å².